The highest BCUT2D eigenvalue weighted by Crippen LogP contribution is 2.24. The maximum atomic E-state index is 12.9. The number of rotatable bonds is 6. The van der Waals surface area contributed by atoms with Crippen molar-refractivity contribution in [2.45, 2.75) is 51.1 Å². The van der Waals surface area contributed by atoms with Gasteiger partial charge in [0.15, 0.2) is 5.03 Å². The number of nitrogens with one attached hydrogen (secondary N) is 1. The second-order valence-corrected chi connectivity index (χ2v) is 9.40. The zero-order chi connectivity index (χ0) is 20.3. The molecule has 1 aliphatic heterocycles. The molecular formula is C20H28N4O3S. The topological polar surface area (TPSA) is 84.3 Å². The first kappa shape index (κ1) is 20.5. The number of hydrogen-bond acceptors (Lipinski definition) is 4. The number of carbonyl (C=O) groups is 1. The Hall–Kier alpha value is -2.19. The standard InChI is InChI=1S/C20H28N4O3S/c1-4-23-13-19(21-14-23)28(26,27)24-11-5-6-17(12-24)20(25)22-18-9-7-16(8-10-18)15(2)3/h7-10,13-15,17H,4-6,11-12H2,1-3H3,(H,22,25)/t17-/m1/s1. The van der Waals surface area contributed by atoms with E-state index in [1.165, 1.54) is 22.4 Å². The fraction of sp³-hybridized carbons (Fsp3) is 0.500. The highest BCUT2D eigenvalue weighted by atomic mass is 32.2. The van der Waals surface area contributed by atoms with Crippen molar-refractivity contribution in [2.75, 3.05) is 18.4 Å². The Bertz CT molecular complexity index is 919. The third kappa shape index (κ3) is 4.44. The summed E-state index contributed by atoms with van der Waals surface area (Å²) in [6.07, 6.45) is 4.38. The van der Waals surface area contributed by atoms with Crippen molar-refractivity contribution >= 4 is 21.6 Å². The van der Waals surface area contributed by atoms with Crippen LogP contribution in [0, 0.1) is 5.92 Å². The van der Waals surface area contributed by atoms with E-state index >= 15 is 0 Å². The van der Waals surface area contributed by atoms with Crippen LogP contribution in [0.15, 0.2) is 41.8 Å². The smallest absolute Gasteiger partial charge is 0.262 e. The van der Waals surface area contributed by atoms with Gasteiger partial charge in [0.05, 0.1) is 12.2 Å². The average Bonchev–Trinajstić information content (AvgIpc) is 3.18. The number of aryl methyl sites for hydroxylation is 1. The van der Waals surface area contributed by atoms with E-state index in [9.17, 15) is 13.2 Å². The number of benzene rings is 1. The molecule has 0 bridgehead atoms. The summed E-state index contributed by atoms with van der Waals surface area (Å²) in [5.74, 6) is -0.0871. The van der Waals surface area contributed by atoms with E-state index in [0.717, 1.165) is 5.69 Å². The third-order valence-corrected chi connectivity index (χ3v) is 6.93. The largest absolute Gasteiger partial charge is 0.336 e. The normalized spacial score (nSPS) is 18.4. The van der Waals surface area contributed by atoms with Gasteiger partial charge in [-0.25, -0.2) is 13.4 Å². The van der Waals surface area contributed by atoms with Gasteiger partial charge in [-0.3, -0.25) is 4.79 Å². The van der Waals surface area contributed by atoms with Crippen molar-refractivity contribution in [3.8, 4) is 0 Å². The van der Waals surface area contributed by atoms with E-state index in [0.29, 0.717) is 31.8 Å². The van der Waals surface area contributed by atoms with Gasteiger partial charge >= 0.3 is 0 Å². The van der Waals surface area contributed by atoms with Crippen molar-refractivity contribution in [3.05, 3.63) is 42.4 Å². The fourth-order valence-corrected chi connectivity index (χ4v) is 4.81. The molecule has 0 unspecified atom stereocenters. The minimum Gasteiger partial charge on any atom is -0.336 e. The van der Waals surface area contributed by atoms with Gasteiger partial charge < -0.3 is 9.88 Å². The lowest BCUT2D eigenvalue weighted by molar-refractivity contribution is -0.120. The molecule has 1 fully saturated rings. The number of hydrogen-bond donors (Lipinski definition) is 1. The molecule has 2 heterocycles. The molecule has 2 aromatic rings. The molecule has 1 aliphatic rings. The summed E-state index contributed by atoms with van der Waals surface area (Å²) in [7, 11) is -3.68. The van der Waals surface area contributed by atoms with Crippen LogP contribution in [-0.2, 0) is 21.4 Å². The highest BCUT2D eigenvalue weighted by Gasteiger charge is 2.34. The van der Waals surface area contributed by atoms with Crippen LogP contribution < -0.4 is 5.32 Å². The highest BCUT2D eigenvalue weighted by molar-refractivity contribution is 7.89. The molecule has 1 atom stereocenters. The lowest BCUT2D eigenvalue weighted by Gasteiger charge is -2.30. The van der Waals surface area contributed by atoms with E-state index in [4.69, 9.17) is 0 Å². The third-order valence-electron chi connectivity index (χ3n) is 5.18. The molecule has 1 amide bonds. The Balaban J connectivity index is 1.67. The molecule has 1 saturated heterocycles. The van der Waals surface area contributed by atoms with Gasteiger partial charge in [-0.05, 0) is 43.4 Å². The molecule has 8 heteroatoms. The van der Waals surface area contributed by atoms with E-state index < -0.39 is 10.0 Å². The molecule has 152 valence electrons. The molecule has 1 aromatic carbocycles. The number of imidazole rings is 1. The fourth-order valence-electron chi connectivity index (χ4n) is 3.35. The summed E-state index contributed by atoms with van der Waals surface area (Å²) in [6, 6.07) is 7.79. The van der Waals surface area contributed by atoms with Crippen molar-refractivity contribution in [1.29, 1.82) is 0 Å². The SMILES string of the molecule is CCn1cnc(S(=O)(=O)N2CCC[C@@H](C(=O)Nc3ccc(C(C)C)cc3)C2)c1. The van der Waals surface area contributed by atoms with Crippen LogP contribution in [-0.4, -0.2) is 41.3 Å². The van der Waals surface area contributed by atoms with Crippen LogP contribution in [0.5, 0.6) is 0 Å². The summed E-state index contributed by atoms with van der Waals surface area (Å²) in [6.45, 7) is 7.41. The van der Waals surface area contributed by atoms with Crippen LogP contribution in [0.3, 0.4) is 0 Å². The van der Waals surface area contributed by atoms with Gasteiger partial charge in [-0.1, -0.05) is 26.0 Å². The molecule has 7 nitrogen and oxygen atoms in total. The van der Waals surface area contributed by atoms with Crippen LogP contribution >= 0.6 is 0 Å². The summed E-state index contributed by atoms with van der Waals surface area (Å²) >= 11 is 0. The Morgan fingerprint density at radius 1 is 1.29 bits per heavy atom. The van der Waals surface area contributed by atoms with Gasteiger partial charge in [0, 0.05) is 31.5 Å². The van der Waals surface area contributed by atoms with Crippen LogP contribution in [0.2, 0.25) is 0 Å². The zero-order valence-corrected chi connectivity index (χ0v) is 17.4. The minimum absolute atomic E-state index is 0.0414. The predicted molar refractivity (Wildman–Crippen MR) is 109 cm³/mol. The van der Waals surface area contributed by atoms with Crippen molar-refractivity contribution in [2.24, 2.45) is 5.92 Å². The molecule has 0 saturated carbocycles. The number of nitrogens with zero attached hydrogens (tertiary/aromatic N) is 3. The molecule has 3 rings (SSSR count). The van der Waals surface area contributed by atoms with Crippen LogP contribution in [0.1, 0.15) is 45.1 Å². The van der Waals surface area contributed by atoms with Gasteiger partial charge in [-0.2, -0.15) is 4.31 Å². The number of amides is 1. The summed E-state index contributed by atoms with van der Waals surface area (Å²) in [5, 5.41) is 2.96. The van der Waals surface area contributed by atoms with Crippen molar-refractivity contribution in [1.82, 2.24) is 13.9 Å². The van der Waals surface area contributed by atoms with Crippen molar-refractivity contribution in [3.63, 3.8) is 0 Å². The minimum atomic E-state index is -3.68. The molecule has 0 aliphatic carbocycles. The second-order valence-electron chi connectivity index (χ2n) is 7.51. The van der Waals surface area contributed by atoms with E-state index in [1.54, 1.807) is 4.57 Å². The zero-order valence-electron chi connectivity index (χ0n) is 16.6. The van der Waals surface area contributed by atoms with Crippen LogP contribution in [0.4, 0.5) is 5.69 Å². The number of aromatic nitrogens is 2. The molecule has 1 N–H and O–H groups in total. The molecular weight excluding hydrogens is 376 g/mol. The summed E-state index contributed by atoms with van der Waals surface area (Å²) < 4.78 is 28.8. The van der Waals surface area contributed by atoms with E-state index in [-0.39, 0.29) is 23.4 Å². The Kier molecular flexibility index (Phi) is 6.20. The monoisotopic (exact) mass is 404 g/mol. The Morgan fingerprint density at radius 3 is 2.61 bits per heavy atom. The summed E-state index contributed by atoms with van der Waals surface area (Å²) in [4.78, 5) is 16.7. The first-order valence-corrected chi connectivity index (χ1v) is 11.2. The molecule has 1 aromatic heterocycles. The quantitative estimate of drug-likeness (QED) is 0.802. The summed E-state index contributed by atoms with van der Waals surface area (Å²) in [5.41, 5.74) is 1.94. The first-order valence-electron chi connectivity index (χ1n) is 9.74. The van der Waals surface area contributed by atoms with Gasteiger partial charge in [0.2, 0.25) is 5.91 Å². The maximum absolute atomic E-state index is 12.9. The van der Waals surface area contributed by atoms with Gasteiger partial charge in [0.1, 0.15) is 0 Å². The van der Waals surface area contributed by atoms with Crippen LogP contribution in [0.25, 0.3) is 0 Å². The van der Waals surface area contributed by atoms with Crippen molar-refractivity contribution < 1.29 is 13.2 Å². The number of carbonyl (C=O) groups excluding carboxylic acids is 1. The Morgan fingerprint density at radius 2 is 2.00 bits per heavy atom. The number of anilines is 1. The van der Waals surface area contributed by atoms with Gasteiger partial charge in [0.25, 0.3) is 10.0 Å². The lowest BCUT2D eigenvalue weighted by atomic mass is 9.98. The maximum Gasteiger partial charge on any atom is 0.262 e. The second kappa shape index (κ2) is 8.45. The first-order chi connectivity index (χ1) is 13.3. The predicted octanol–water partition coefficient (Wildman–Crippen LogP) is 3.07. The average molecular weight is 405 g/mol. The van der Waals surface area contributed by atoms with E-state index in [1.807, 2.05) is 31.2 Å². The lowest BCUT2D eigenvalue weighted by Crippen LogP contribution is -2.43. The number of piperidine rings is 1. The molecule has 0 radical (unpaired) electrons. The van der Waals surface area contributed by atoms with E-state index in [2.05, 4.69) is 24.1 Å². The van der Waals surface area contributed by atoms with Gasteiger partial charge in [-0.15, -0.1) is 0 Å². The molecule has 0 spiro atoms. The Labute approximate surface area is 166 Å². The molecule has 28 heavy (non-hydrogen) atoms. The number of sulfonamides is 1.